The normalized spacial score (nSPS) is 13.0. The second-order valence-corrected chi connectivity index (χ2v) is 5.45. The molecule has 0 saturated carbocycles. The van der Waals surface area contributed by atoms with Gasteiger partial charge in [-0.3, -0.25) is 0 Å². The predicted octanol–water partition coefficient (Wildman–Crippen LogP) is 5.33. The monoisotopic (exact) mass is 257 g/mol. The van der Waals surface area contributed by atoms with Crippen molar-refractivity contribution >= 4 is 5.69 Å². The van der Waals surface area contributed by atoms with Crippen molar-refractivity contribution in [3.8, 4) is 0 Å². The Balaban J connectivity index is 2.94. The molecule has 0 radical (unpaired) electrons. The van der Waals surface area contributed by atoms with Gasteiger partial charge in [0.05, 0.1) is 0 Å². The first-order chi connectivity index (χ1) is 8.95. The van der Waals surface area contributed by atoms with Gasteiger partial charge in [-0.1, -0.05) is 43.2 Å². The fraction of sp³-hybridized carbons (Fsp3) is 0.444. The minimum Gasteiger partial charge on any atom is -0.346 e. The first-order valence-electron chi connectivity index (χ1n) is 7.15. The van der Waals surface area contributed by atoms with E-state index in [0.29, 0.717) is 5.92 Å². The predicted molar refractivity (Wildman–Crippen MR) is 86.6 cm³/mol. The standard InChI is InChI=1S/C18H27N/c1-7-19(18-12-8-15(4)9-13-18)17(6)11-10-16(5)14(2)3/h8-14H,7H2,1-6H3/b16-10+,17-11+. The summed E-state index contributed by atoms with van der Waals surface area (Å²) < 4.78 is 0. The Morgan fingerprint density at radius 2 is 1.68 bits per heavy atom. The largest absolute Gasteiger partial charge is 0.346 e. The van der Waals surface area contributed by atoms with E-state index in [9.17, 15) is 0 Å². The zero-order valence-corrected chi connectivity index (χ0v) is 13.2. The molecule has 104 valence electrons. The first kappa shape index (κ1) is 15.6. The summed E-state index contributed by atoms with van der Waals surface area (Å²) in [7, 11) is 0. The third-order valence-electron chi connectivity index (χ3n) is 3.59. The van der Waals surface area contributed by atoms with Crippen LogP contribution in [0.3, 0.4) is 0 Å². The Kier molecular flexibility index (Phi) is 5.88. The maximum Gasteiger partial charge on any atom is 0.0408 e. The molecule has 0 fully saturated rings. The van der Waals surface area contributed by atoms with E-state index in [2.05, 4.69) is 82.9 Å². The molecular weight excluding hydrogens is 230 g/mol. The highest BCUT2D eigenvalue weighted by Gasteiger charge is 2.05. The molecule has 0 aliphatic rings. The summed E-state index contributed by atoms with van der Waals surface area (Å²) in [5.41, 5.74) is 5.26. The van der Waals surface area contributed by atoms with Crippen molar-refractivity contribution < 1.29 is 0 Å². The van der Waals surface area contributed by atoms with Gasteiger partial charge in [0, 0.05) is 17.9 Å². The SMILES string of the molecule is CCN(/C(C)=C/C=C(\C)C(C)C)c1ccc(C)cc1. The zero-order valence-electron chi connectivity index (χ0n) is 13.2. The van der Waals surface area contributed by atoms with Crippen LogP contribution in [0.25, 0.3) is 0 Å². The fourth-order valence-corrected chi connectivity index (χ4v) is 1.89. The van der Waals surface area contributed by atoms with E-state index >= 15 is 0 Å². The second-order valence-electron chi connectivity index (χ2n) is 5.45. The van der Waals surface area contributed by atoms with Crippen LogP contribution >= 0.6 is 0 Å². The molecule has 1 heteroatoms. The van der Waals surface area contributed by atoms with Crippen LogP contribution < -0.4 is 4.90 Å². The van der Waals surface area contributed by atoms with Gasteiger partial charge in [-0.2, -0.15) is 0 Å². The van der Waals surface area contributed by atoms with E-state index < -0.39 is 0 Å². The quantitative estimate of drug-likeness (QED) is 0.645. The van der Waals surface area contributed by atoms with E-state index in [-0.39, 0.29) is 0 Å². The summed E-state index contributed by atoms with van der Waals surface area (Å²) in [4.78, 5) is 2.34. The van der Waals surface area contributed by atoms with E-state index in [1.807, 2.05) is 0 Å². The van der Waals surface area contributed by atoms with Crippen LogP contribution in [-0.4, -0.2) is 6.54 Å². The Hall–Kier alpha value is -1.50. The molecule has 1 nitrogen and oxygen atoms in total. The molecule has 19 heavy (non-hydrogen) atoms. The van der Waals surface area contributed by atoms with Crippen molar-refractivity contribution in [2.24, 2.45) is 5.92 Å². The summed E-state index contributed by atoms with van der Waals surface area (Å²) in [6.07, 6.45) is 4.45. The van der Waals surface area contributed by atoms with Crippen molar-refractivity contribution in [3.05, 3.63) is 53.3 Å². The van der Waals surface area contributed by atoms with Gasteiger partial charge in [0.25, 0.3) is 0 Å². The lowest BCUT2D eigenvalue weighted by molar-refractivity contribution is 0.769. The zero-order chi connectivity index (χ0) is 14.4. The third-order valence-corrected chi connectivity index (χ3v) is 3.59. The molecule has 0 bridgehead atoms. The topological polar surface area (TPSA) is 3.24 Å². The van der Waals surface area contributed by atoms with E-state index in [0.717, 1.165) is 6.54 Å². The molecular formula is C18H27N. The van der Waals surface area contributed by atoms with Crippen LogP contribution in [0.2, 0.25) is 0 Å². The molecule has 0 unspecified atom stereocenters. The smallest absolute Gasteiger partial charge is 0.0408 e. The van der Waals surface area contributed by atoms with Gasteiger partial charge < -0.3 is 4.90 Å². The molecule has 0 heterocycles. The molecule has 1 rings (SSSR count). The summed E-state index contributed by atoms with van der Waals surface area (Å²) in [5.74, 6) is 0.610. The van der Waals surface area contributed by atoms with Crippen LogP contribution in [0.4, 0.5) is 5.69 Å². The van der Waals surface area contributed by atoms with E-state index in [4.69, 9.17) is 0 Å². The number of rotatable bonds is 5. The summed E-state index contributed by atoms with van der Waals surface area (Å²) in [5, 5.41) is 0. The minimum absolute atomic E-state index is 0.610. The van der Waals surface area contributed by atoms with Gasteiger partial charge in [-0.25, -0.2) is 0 Å². The van der Waals surface area contributed by atoms with Gasteiger partial charge in [0.2, 0.25) is 0 Å². The second kappa shape index (κ2) is 7.18. The maximum absolute atomic E-state index is 2.34. The summed E-state index contributed by atoms with van der Waals surface area (Å²) >= 11 is 0. The number of aryl methyl sites for hydroxylation is 1. The number of anilines is 1. The van der Waals surface area contributed by atoms with Crippen LogP contribution in [0.1, 0.15) is 40.2 Å². The minimum atomic E-state index is 0.610. The highest BCUT2D eigenvalue weighted by atomic mass is 15.1. The van der Waals surface area contributed by atoms with Gasteiger partial charge in [-0.15, -0.1) is 0 Å². The molecule has 0 aliphatic carbocycles. The lowest BCUT2D eigenvalue weighted by Gasteiger charge is -2.24. The Morgan fingerprint density at radius 1 is 1.11 bits per heavy atom. The third kappa shape index (κ3) is 4.59. The molecule has 0 aliphatic heterocycles. The molecule has 0 saturated heterocycles. The van der Waals surface area contributed by atoms with E-state index in [1.54, 1.807) is 0 Å². The first-order valence-corrected chi connectivity index (χ1v) is 7.15. The van der Waals surface area contributed by atoms with Crippen LogP contribution in [0.5, 0.6) is 0 Å². The molecule has 1 aromatic rings. The molecule has 1 aromatic carbocycles. The Morgan fingerprint density at radius 3 is 2.16 bits per heavy atom. The Bertz CT molecular complexity index is 449. The molecule has 0 N–H and O–H groups in total. The molecule has 0 spiro atoms. The summed E-state index contributed by atoms with van der Waals surface area (Å²) in [6, 6.07) is 8.71. The number of nitrogens with zero attached hydrogens (tertiary/aromatic N) is 1. The van der Waals surface area contributed by atoms with Gasteiger partial charge in [0.1, 0.15) is 0 Å². The number of allylic oxidation sites excluding steroid dienone is 4. The molecule has 0 aromatic heterocycles. The fourth-order valence-electron chi connectivity index (χ4n) is 1.89. The van der Waals surface area contributed by atoms with Gasteiger partial charge in [0.15, 0.2) is 0 Å². The highest BCUT2D eigenvalue weighted by Crippen LogP contribution is 2.20. The van der Waals surface area contributed by atoms with Crippen molar-refractivity contribution in [2.45, 2.75) is 41.5 Å². The number of hydrogen-bond acceptors (Lipinski definition) is 1. The average Bonchev–Trinajstić information content (AvgIpc) is 2.38. The molecule has 0 atom stereocenters. The van der Waals surface area contributed by atoms with Crippen LogP contribution in [0, 0.1) is 12.8 Å². The lowest BCUT2D eigenvalue weighted by Crippen LogP contribution is -2.20. The average molecular weight is 257 g/mol. The summed E-state index contributed by atoms with van der Waals surface area (Å²) in [6.45, 7) is 14.1. The molecule has 0 amide bonds. The lowest BCUT2D eigenvalue weighted by atomic mass is 10.1. The van der Waals surface area contributed by atoms with Crippen molar-refractivity contribution in [1.29, 1.82) is 0 Å². The number of benzene rings is 1. The van der Waals surface area contributed by atoms with Gasteiger partial charge in [-0.05, 0) is 51.8 Å². The van der Waals surface area contributed by atoms with Crippen molar-refractivity contribution in [3.63, 3.8) is 0 Å². The Labute approximate surface area is 118 Å². The van der Waals surface area contributed by atoms with Crippen LogP contribution in [0.15, 0.2) is 47.7 Å². The van der Waals surface area contributed by atoms with Crippen molar-refractivity contribution in [1.82, 2.24) is 0 Å². The van der Waals surface area contributed by atoms with E-state index in [1.165, 1.54) is 22.5 Å². The van der Waals surface area contributed by atoms with Crippen LogP contribution in [-0.2, 0) is 0 Å². The number of hydrogen-bond donors (Lipinski definition) is 0. The highest BCUT2D eigenvalue weighted by molar-refractivity contribution is 5.52. The maximum atomic E-state index is 2.34. The van der Waals surface area contributed by atoms with Crippen molar-refractivity contribution in [2.75, 3.05) is 11.4 Å². The van der Waals surface area contributed by atoms with Gasteiger partial charge >= 0.3 is 0 Å².